The first-order valence-corrected chi connectivity index (χ1v) is 11.6. The van der Waals surface area contributed by atoms with Crippen molar-refractivity contribution in [3.05, 3.63) is 52.2 Å². The Balaban J connectivity index is 1.72. The van der Waals surface area contributed by atoms with Crippen LogP contribution >= 0.6 is 0 Å². The van der Waals surface area contributed by atoms with Crippen molar-refractivity contribution in [3.63, 3.8) is 0 Å². The van der Waals surface area contributed by atoms with Gasteiger partial charge in [0, 0.05) is 41.2 Å². The fourth-order valence-electron chi connectivity index (χ4n) is 5.13. The van der Waals surface area contributed by atoms with Gasteiger partial charge in [0.05, 0.1) is 17.1 Å². The zero-order valence-electron chi connectivity index (χ0n) is 19.0. The van der Waals surface area contributed by atoms with Gasteiger partial charge < -0.3 is 10.3 Å². The number of amides is 1. The van der Waals surface area contributed by atoms with Crippen LogP contribution in [0.2, 0.25) is 0 Å². The summed E-state index contributed by atoms with van der Waals surface area (Å²) in [4.78, 5) is 28.6. The van der Waals surface area contributed by atoms with Gasteiger partial charge in [0.2, 0.25) is 5.91 Å². The molecule has 170 valence electrons. The van der Waals surface area contributed by atoms with Gasteiger partial charge in [-0.1, -0.05) is 19.9 Å². The molecule has 1 aliphatic heterocycles. The summed E-state index contributed by atoms with van der Waals surface area (Å²) in [6.45, 7) is 7.47. The third kappa shape index (κ3) is 3.85. The maximum Gasteiger partial charge on any atom is 0.252 e. The quantitative estimate of drug-likeness (QED) is 0.569. The Morgan fingerprint density at radius 2 is 1.97 bits per heavy atom. The number of H-pyrrole nitrogens is 1. The number of hydrogen-bond acceptors (Lipinski definition) is 3. The van der Waals surface area contributed by atoms with Gasteiger partial charge >= 0.3 is 0 Å². The standard InChI is InChI=1S/C25H31FN4O2/c1-4-25(5-2,14-16-8-7-11-27-23(16)31)19-9-10-21(29-24(19)32)17-12-20(26)18-15-28-30(6-3)22(18)13-17/h9-10,12-13,15-16H,4-8,11,14H2,1-3H3,(H,27,31)(H,29,32). The molecule has 0 bridgehead atoms. The first-order valence-electron chi connectivity index (χ1n) is 11.6. The number of aryl methyl sites for hydroxylation is 1. The number of benzene rings is 1. The van der Waals surface area contributed by atoms with Crippen LogP contribution < -0.4 is 10.9 Å². The number of aromatic nitrogens is 3. The number of pyridine rings is 1. The highest BCUT2D eigenvalue weighted by Gasteiger charge is 2.37. The van der Waals surface area contributed by atoms with E-state index >= 15 is 0 Å². The Labute approximate surface area is 187 Å². The molecule has 1 amide bonds. The summed E-state index contributed by atoms with van der Waals surface area (Å²) in [6, 6.07) is 7.01. The van der Waals surface area contributed by atoms with Gasteiger partial charge in [-0.25, -0.2) is 4.39 Å². The van der Waals surface area contributed by atoms with Crippen molar-refractivity contribution in [2.75, 3.05) is 6.54 Å². The van der Waals surface area contributed by atoms with Crippen molar-refractivity contribution in [2.45, 2.75) is 64.8 Å². The maximum atomic E-state index is 14.7. The van der Waals surface area contributed by atoms with E-state index in [1.165, 1.54) is 12.3 Å². The maximum absolute atomic E-state index is 14.7. The van der Waals surface area contributed by atoms with Gasteiger partial charge in [0.1, 0.15) is 5.82 Å². The third-order valence-corrected chi connectivity index (χ3v) is 7.19. The highest BCUT2D eigenvalue weighted by atomic mass is 19.1. The predicted molar refractivity (Wildman–Crippen MR) is 124 cm³/mol. The number of piperidine rings is 1. The molecule has 2 aromatic heterocycles. The lowest BCUT2D eigenvalue weighted by molar-refractivity contribution is -0.127. The first kappa shape index (κ1) is 22.2. The highest BCUT2D eigenvalue weighted by molar-refractivity contribution is 5.84. The molecule has 1 aliphatic rings. The van der Waals surface area contributed by atoms with Crippen LogP contribution in [0.4, 0.5) is 4.39 Å². The zero-order chi connectivity index (χ0) is 22.9. The number of fused-ring (bicyclic) bond motifs is 1. The lowest BCUT2D eigenvalue weighted by Gasteiger charge is -2.36. The predicted octanol–water partition coefficient (Wildman–Crippen LogP) is 4.52. The van der Waals surface area contributed by atoms with Gasteiger partial charge in [0.25, 0.3) is 5.56 Å². The Bertz CT molecular complexity index is 1190. The van der Waals surface area contributed by atoms with E-state index in [1.54, 1.807) is 4.68 Å². The van der Waals surface area contributed by atoms with Crippen molar-refractivity contribution in [1.82, 2.24) is 20.1 Å². The molecular weight excluding hydrogens is 407 g/mol. The number of aromatic amines is 1. The SMILES string of the molecule is CCn1ncc2c(F)cc(-c3ccc(C(CC)(CC)CC4CCCNC4=O)c(=O)[nH]3)cc21. The number of carbonyl (C=O) groups excluding carboxylic acids is 1. The molecule has 1 unspecified atom stereocenters. The Hall–Kier alpha value is -2.96. The second-order valence-corrected chi connectivity index (χ2v) is 8.79. The van der Waals surface area contributed by atoms with Crippen molar-refractivity contribution < 1.29 is 9.18 Å². The van der Waals surface area contributed by atoms with Gasteiger partial charge in [0.15, 0.2) is 0 Å². The second-order valence-electron chi connectivity index (χ2n) is 8.79. The molecule has 0 spiro atoms. The lowest BCUT2D eigenvalue weighted by Crippen LogP contribution is -2.42. The molecule has 1 saturated heterocycles. The summed E-state index contributed by atoms with van der Waals surface area (Å²) in [6.07, 6.45) is 5.55. The van der Waals surface area contributed by atoms with E-state index in [1.807, 2.05) is 25.1 Å². The molecule has 6 nitrogen and oxygen atoms in total. The minimum atomic E-state index is -0.374. The van der Waals surface area contributed by atoms with Crippen LogP contribution in [0.3, 0.4) is 0 Å². The average Bonchev–Trinajstić information content (AvgIpc) is 3.23. The van der Waals surface area contributed by atoms with Crippen molar-refractivity contribution in [3.8, 4) is 11.3 Å². The molecule has 3 heterocycles. The number of nitrogens with one attached hydrogen (secondary N) is 2. The number of halogens is 1. The molecule has 0 aliphatic carbocycles. The molecule has 1 fully saturated rings. The van der Waals surface area contributed by atoms with Gasteiger partial charge in [-0.3, -0.25) is 14.3 Å². The third-order valence-electron chi connectivity index (χ3n) is 7.19. The van der Waals surface area contributed by atoms with Gasteiger partial charge in [-0.05, 0) is 57.2 Å². The summed E-state index contributed by atoms with van der Waals surface area (Å²) < 4.78 is 16.4. The zero-order valence-corrected chi connectivity index (χ0v) is 19.0. The molecule has 4 rings (SSSR count). The Morgan fingerprint density at radius 3 is 2.62 bits per heavy atom. The average molecular weight is 439 g/mol. The fourth-order valence-corrected chi connectivity index (χ4v) is 5.13. The van der Waals surface area contributed by atoms with Crippen LogP contribution in [0, 0.1) is 11.7 Å². The Morgan fingerprint density at radius 1 is 1.19 bits per heavy atom. The molecular formula is C25H31FN4O2. The smallest absolute Gasteiger partial charge is 0.252 e. The van der Waals surface area contributed by atoms with E-state index in [-0.39, 0.29) is 28.6 Å². The summed E-state index contributed by atoms with van der Waals surface area (Å²) >= 11 is 0. The largest absolute Gasteiger partial charge is 0.356 e. The van der Waals surface area contributed by atoms with E-state index in [2.05, 4.69) is 29.2 Å². The first-order chi connectivity index (χ1) is 15.4. The number of rotatable bonds is 7. The Kier molecular flexibility index (Phi) is 6.17. The van der Waals surface area contributed by atoms with E-state index in [9.17, 15) is 14.0 Å². The summed E-state index contributed by atoms with van der Waals surface area (Å²) in [7, 11) is 0. The molecule has 3 aromatic rings. The van der Waals surface area contributed by atoms with Crippen molar-refractivity contribution >= 4 is 16.8 Å². The van der Waals surface area contributed by atoms with Crippen molar-refractivity contribution in [2.24, 2.45) is 5.92 Å². The van der Waals surface area contributed by atoms with E-state index in [0.29, 0.717) is 40.7 Å². The van der Waals surface area contributed by atoms with Crippen LogP contribution in [0.5, 0.6) is 0 Å². The molecule has 0 radical (unpaired) electrons. The van der Waals surface area contributed by atoms with Crippen LogP contribution in [0.15, 0.2) is 35.3 Å². The van der Waals surface area contributed by atoms with E-state index in [4.69, 9.17) is 0 Å². The van der Waals surface area contributed by atoms with Crippen LogP contribution in [-0.4, -0.2) is 27.2 Å². The minimum absolute atomic E-state index is 0.0754. The number of carbonyl (C=O) groups is 1. The second kappa shape index (κ2) is 8.88. The molecule has 32 heavy (non-hydrogen) atoms. The van der Waals surface area contributed by atoms with Crippen LogP contribution in [0.1, 0.15) is 58.4 Å². The number of nitrogens with zero attached hydrogens (tertiary/aromatic N) is 2. The normalized spacial score (nSPS) is 17.0. The monoisotopic (exact) mass is 438 g/mol. The molecule has 1 aromatic carbocycles. The fraction of sp³-hybridized carbons (Fsp3) is 0.480. The molecule has 2 N–H and O–H groups in total. The van der Waals surface area contributed by atoms with E-state index in [0.717, 1.165) is 32.2 Å². The number of hydrogen-bond donors (Lipinski definition) is 2. The summed E-state index contributed by atoms with van der Waals surface area (Å²) in [5, 5.41) is 7.66. The lowest BCUT2D eigenvalue weighted by atomic mass is 9.69. The van der Waals surface area contributed by atoms with E-state index < -0.39 is 0 Å². The topological polar surface area (TPSA) is 79.8 Å². The van der Waals surface area contributed by atoms with Crippen molar-refractivity contribution in [1.29, 1.82) is 0 Å². The summed E-state index contributed by atoms with van der Waals surface area (Å²) in [5.74, 6) is -0.345. The molecule has 0 saturated carbocycles. The van der Waals surface area contributed by atoms with Gasteiger partial charge in [-0.2, -0.15) is 5.10 Å². The van der Waals surface area contributed by atoms with Crippen LogP contribution in [0.25, 0.3) is 22.2 Å². The minimum Gasteiger partial charge on any atom is -0.356 e. The highest BCUT2D eigenvalue weighted by Crippen LogP contribution is 2.38. The summed E-state index contributed by atoms with van der Waals surface area (Å²) in [5.41, 5.74) is 2.03. The van der Waals surface area contributed by atoms with Gasteiger partial charge in [-0.15, -0.1) is 0 Å². The molecule has 1 atom stereocenters. The van der Waals surface area contributed by atoms with Crippen LogP contribution in [-0.2, 0) is 16.8 Å². The molecule has 7 heteroatoms.